The lowest BCUT2D eigenvalue weighted by molar-refractivity contribution is -0.155. The Labute approximate surface area is 796 Å². The highest BCUT2D eigenvalue weighted by atomic mass is 16.6. The molecule has 0 radical (unpaired) electrons. The summed E-state index contributed by atoms with van der Waals surface area (Å²) in [7, 11) is 3.91. The highest BCUT2D eigenvalue weighted by Crippen LogP contribution is 2.28. The fraction of sp³-hybridized carbons (Fsp3) is 0.924. The monoisotopic (exact) mass is 1840 g/mol. The summed E-state index contributed by atoms with van der Waals surface area (Å²) in [5, 5.41) is 0. The lowest BCUT2D eigenvalue weighted by Gasteiger charge is -2.27. The van der Waals surface area contributed by atoms with Crippen molar-refractivity contribution in [3.8, 4) is 0 Å². The summed E-state index contributed by atoms with van der Waals surface area (Å²) >= 11 is 0. The van der Waals surface area contributed by atoms with E-state index in [1.807, 2.05) is 185 Å². The van der Waals surface area contributed by atoms with Crippen molar-refractivity contribution < 1.29 is 76.3 Å². The van der Waals surface area contributed by atoms with Crippen molar-refractivity contribution in [1.82, 2.24) is 39.2 Å². The number of ether oxygens (including phenoxy) is 8. The number of hydrogen-bond acceptors (Lipinski definition) is 24. The summed E-state index contributed by atoms with van der Waals surface area (Å²) in [4.78, 5) is 112. The fourth-order valence-electron chi connectivity index (χ4n) is 11.4. The fourth-order valence-corrected chi connectivity index (χ4v) is 11.4. The molecule has 0 aromatic carbocycles. The van der Waals surface area contributed by atoms with Crippen LogP contribution in [0, 0.1) is 43.3 Å². The number of hydrogen-bond donors (Lipinski definition) is 0. The molecule has 0 aromatic rings. The van der Waals surface area contributed by atoms with Gasteiger partial charge in [0.15, 0.2) is 0 Å². The van der Waals surface area contributed by atoms with E-state index in [1.165, 1.54) is 70.6 Å². The van der Waals surface area contributed by atoms with E-state index < -0.39 is 0 Å². The van der Waals surface area contributed by atoms with Crippen LogP contribution in [-0.4, -0.2) is 297 Å². The second-order valence-corrected chi connectivity index (χ2v) is 40.6. The van der Waals surface area contributed by atoms with Gasteiger partial charge in [-0.1, -0.05) is 143 Å². The molecule has 0 unspecified atom stereocenters. The molecule has 24 heteroatoms. The van der Waals surface area contributed by atoms with E-state index in [-0.39, 0.29) is 91.1 Å². The summed E-state index contributed by atoms with van der Waals surface area (Å²) in [6, 6.07) is 0.509. The average molecular weight is 1840 g/mol. The van der Waals surface area contributed by atoms with E-state index in [0.717, 1.165) is 208 Å². The molecule has 0 aromatic heterocycles. The molecule has 0 atom stereocenters. The van der Waals surface area contributed by atoms with Crippen molar-refractivity contribution in [3.05, 3.63) is 0 Å². The summed E-state index contributed by atoms with van der Waals surface area (Å²) in [6.45, 7) is 96.0. The Kier molecular flexibility index (Phi) is 82.4. The molecule has 2 fully saturated rings. The van der Waals surface area contributed by atoms with Crippen LogP contribution in [0.1, 0.15) is 384 Å². The second-order valence-electron chi connectivity index (χ2n) is 40.6. The topological polar surface area (TPSA) is 236 Å². The van der Waals surface area contributed by atoms with Gasteiger partial charge in [-0.15, -0.1) is 0 Å². The summed E-state index contributed by atoms with van der Waals surface area (Å²) in [5.41, 5.74) is -2.74. The molecule has 24 nitrogen and oxygen atoms in total. The Morgan fingerprint density at radius 2 is 0.457 bits per heavy atom. The molecule has 0 N–H and O–H groups in total. The molecule has 0 amide bonds. The summed E-state index contributed by atoms with van der Waals surface area (Å²) < 4.78 is 42.4. The molecule has 2 aliphatic heterocycles. The molecule has 2 rings (SSSR count). The van der Waals surface area contributed by atoms with Gasteiger partial charge in [-0.2, -0.15) is 0 Å². The predicted octanol–water partition coefficient (Wildman–Crippen LogP) is 21.5. The number of likely N-dealkylation sites (N-methyl/N-ethyl adjacent to an activating group) is 3. The van der Waals surface area contributed by atoms with Crippen LogP contribution in [0.3, 0.4) is 0 Å². The molecular weight excluding hydrogens is 1630 g/mol. The van der Waals surface area contributed by atoms with Crippen molar-refractivity contribution in [3.63, 3.8) is 0 Å². The van der Waals surface area contributed by atoms with Crippen LogP contribution < -0.4 is 0 Å². The van der Waals surface area contributed by atoms with Gasteiger partial charge in [0.2, 0.25) is 0 Å². The Bertz CT molecular complexity index is 2680. The molecule has 2 heterocycles. The van der Waals surface area contributed by atoms with E-state index in [2.05, 4.69) is 110 Å². The Balaban J connectivity index is -0.000000336. The second kappa shape index (κ2) is 78.6. The van der Waals surface area contributed by atoms with Gasteiger partial charge in [0.1, 0.15) is 52.9 Å². The SMILES string of the molecule is CCC(C)(C)C(=O)OCCN(C)C.CCC(C)(C)C(=O)OCCN1CCCC1.CCC(C)(C)C(=O)OCCN1CCCCC1.CCCCN(CCCC)CCOC(=O)C(C)(C)CC.CCCCN(CCOC(=O)C(C)(C)CC)C(C)C.CCCN(CC)CCOC(=O)C(C)(C)CC.CCCN(CCC)CCOC(=O)C(C)(C)CC.CCN(CC)CCOC(=O)C(C)(C)CC. The van der Waals surface area contributed by atoms with Gasteiger partial charge in [-0.05, 0) is 339 Å². The van der Waals surface area contributed by atoms with E-state index in [4.69, 9.17) is 37.9 Å². The van der Waals surface area contributed by atoms with E-state index >= 15 is 0 Å². The zero-order valence-electron chi connectivity index (χ0n) is 91.7. The third-order valence-corrected chi connectivity index (χ3v) is 25.5. The van der Waals surface area contributed by atoms with Crippen LogP contribution in [-0.2, 0) is 76.3 Å². The molecule has 129 heavy (non-hydrogen) atoms. The van der Waals surface area contributed by atoms with Crippen molar-refractivity contribution in [2.45, 2.75) is 390 Å². The number of esters is 8. The van der Waals surface area contributed by atoms with Crippen LogP contribution >= 0.6 is 0 Å². The van der Waals surface area contributed by atoms with Gasteiger partial charge in [0.25, 0.3) is 0 Å². The Hall–Kier alpha value is -4.56. The van der Waals surface area contributed by atoms with Crippen molar-refractivity contribution >= 4 is 47.8 Å². The normalized spacial score (nSPS) is 13.5. The number of nitrogens with zero attached hydrogens (tertiary/aromatic N) is 8. The minimum absolute atomic E-state index is 0.0630. The summed E-state index contributed by atoms with van der Waals surface area (Å²) in [6.07, 6.45) is 23.8. The molecule has 770 valence electrons. The molecule has 0 bridgehead atoms. The Morgan fingerprint density at radius 3 is 0.690 bits per heavy atom. The van der Waals surface area contributed by atoms with Crippen LogP contribution in [0.15, 0.2) is 0 Å². The van der Waals surface area contributed by atoms with Crippen molar-refractivity contribution in [2.75, 3.05) is 204 Å². The Morgan fingerprint density at radius 1 is 0.248 bits per heavy atom. The lowest BCUT2D eigenvalue weighted by Crippen LogP contribution is -2.36. The van der Waals surface area contributed by atoms with Gasteiger partial charge >= 0.3 is 47.8 Å². The third kappa shape index (κ3) is 69.8. The number of piperidine rings is 1. The first-order valence-electron chi connectivity index (χ1n) is 51.4. The van der Waals surface area contributed by atoms with Gasteiger partial charge in [-0.25, -0.2) is 0 Å². The maximum absolute atomic E-state index is 11.9. The standard InChI is InChI=1S/C16H33NO2.C15H31NO2.C14H29NO2.C13H25NO2.C13H27NO2.C12H23NO2.C12H25NO2.C10H21NO2/c1-6-9-11-17(12-10-7-2)13-14-19-15(18)16(4,5)8-3;1-7-9-10-16(13(3)4)11-12-18-14(17)15(5,6)8-2;1-6-9-15(10-7-2)11-12-17-13(16)14(4,5)8-3;1-4-13(2,3)12(15)16-11-10-14-8-6-5-7-9-14;1-6-9-14(8-3)10-11-16-12(15)13(4,5)7-2;1-4-12(2,3)11(14)15-10-9-13-7-5-6-8-13;1-6-12(4,5)11(14)15-10-9-13(7-2)8-3;1-6-10(2,3)9(12)13-8-7-11(4)5/h6-14H2,1-5H3;13H,7-12H2,1-6H3;6-12H2,1-5H3;4-11H2,1-3H3;6-11H2,1-5H3;4-10H2,1-3H3;6-10H2,1-5H3;6-8H2,1-5H3. The zero-order valence-corrected chi connectivity index (χ0v) is 91.7. The first-order valence-corrected chi connectivity index (χ1v) is 51.4. The van der Waals surface area contributed by atoms with Crippen molar-refractivity contribution in [2.24, 2.45) is 43.3 Å². The number of rotatable bonds is 59. The van der Waals surface area contributed by atoms with E-state index in [1.54, 1.807) is 0 Å². The maximum atomic E-state index is 11.9. The number of likely N-dealkylation sites (tertiary alicyclic amines) is 2. The van der Waals surface area contributed by atoms with Gasteiger partial charge in [0, 0.05) is 58.4 Å². The number of carbonyl (C=O) groups excluding carboxylic acids is 8. The van der Waals surface area contributed by atoms with E-state index in [0.29, 0.717) is 58.9 Å². The lowest BCUT2D eigenvalue weighted by atomic mass is 9.91. The quantitative estimate of drug-likeness (QED) is 0.0406. The molecule has 0 spiro atoms. The summed E-state index contributed by atoms with van der Waals surface area (Å²) in [5.74, 6) is -0.620. The highest BCUT2D eigenvalue weighted by Gasteiger charge is 2.34. The minimum Gasteiger partial charge on any atom is -0.464 e. The van der Waals surface area contributed by atoms with Gasteiger partial charge < -0.3 is 52.6 Å². The number of carbonyl (C=O) groups is 8. The first-order chi connectivity index (χ1) is 60.3. The molecular formula is C105H214N8O16. The van der Waals surface area contributed by atoms with Gasteiger partial charge in [0.05, 0.1) is 43.3 Å². The largest absolute Gasteiger partial charge is 0.464 e. The highest BCUT2D eigenvalue weighted by molar-refractivity contribution is 5.78. The van der Waals surface area contributed by atoms with Crippen LogP contribution in [0.4, 0.5) is 0 Å². The van der Waals surface area contributed by atoms with Crippen LogP contribution in [0.2, 0.25) is 0 Å². The van der Waals surface area contributed by atoms with Gasteiger partial charge in [-0.3, -0.25) is 62.9 Å². The number of unbranched alkanes of at least 4 members (excludes halogenated alkanes) is 3. The first kappa shape index (κ1) is 135. The smallest absolute Gasteiger partial charge is 0.311 e. The average Bonchev–Trinajstić information content (AvgIpc) is 1.39. The van der Waals surface area contributed by atoms with Crippen molar-refractivity contribution in [1.29, 1.82) is 0 Å². The molecule has 2 saturated heterocycles. The molecule has 2 aliphatic rings. The predicted molar refractivity (Wildman–Crippen MR) is 540 cm³/mol. The van der Waals surface area contributed by atoms with E-state index in [9.17, 15) is 38.4 Å². The third-order valence-electron chi connectivity index (χ3n) is 25.5. The van der Waals surface area contributed by atoms with Crippen LogP contribution in [0.25, 0.3) is 0 Å². The molecule has 0 saturated carbocycles. The van der Waals surface area contributed by atoms with Crippen LogP contribution in [0.5, 0.6) is 0 Å². The maximum Gasteiger partial charge on any atom is 0.311 e. The molecule has 0 aliphatic carbocycles. The minimum atomic E-state index is -0.355. The zero-order chi connectivity index (χ0) is 101.